The van der Waals surface area contributed by atoms with Crippen LogP contribution in [0.2, 0.25) is 0 Å². The van der Waals surface area contributed by atoms with Gasteiger partial charge in [0.1, 0.15) is 5.82 Å². The summed E-state index contributed by atoms with van der Waals surface area (Å²) in [7, 11) is 0. The summed E-state index contributed by atoms with van der Waals surface area (Å²) >= 11 is 1.25. The second kappa shape index (κ2) is 6.99. The highest BCUT2D eigenvalue weighted by Crippen LogP contribution is 2.39. The average molecular weight is 335 g/mol. The Balaban J connectivity index is 1.42. The van der Waals surface area contributed by atoms with E-state index < -0.39 is 0 Å². The number of thioether (sulfide) groups is 1. The number of halogens is 1. The van der Waals surface area contributed by atoms with Crippen LogP contribution in [0.4, 0.5) is 4.39 Å². The largest absolute Gasteiger partial charge is 0.355 e. The second-order valence-corrected chi connectivity index (χ2v) is 6.41. The SMILES string of the molecule is Nn1c(SCC(=O)NCCc2ccccc2F)nnc1C1CC1. The van der Waals surface area contributed by atoms with Gasteiger partial charge in [-0.25, -0.2) is 9.07 Å². The Bertz CT molecular complexity index is 701. The van der Waals surface area contributed by atoms with Crippen molar-refractivity contribution in [3.8, 4) is 0 Å². The van der Waals surface area contributed by atoms with E-state index in [2.05, 4.69) is 15.5 Å². The first kappa shape index (κ1) is 15.8. The number of carbonyl (C=O) groups is 1. The lowest BCUT2D eigenvalue weighted by atomic mass is 10.1. The van der Waals surface area contributed by atoms with Crippen LogP contribution < -0.4 is 11.2 Å². The van der Waals surface area contributed by atoms with E-state index in [4.69, 9.17) is 5.84 Å². The molecule has 1 aromatic carbocycles. The number of hydrogen-bond donors (Lipinski definition) is 2. The molecule has 0 spiro atoms. The lowest BCUT2D eigenvalue weighted by Crippen LogP contribution is -2.27. The van der Waals surface area contributed by atoms with Gasteiger partial charge < -0.3 is 11.2 Å². The standard InChI is InChI=1S/C15H18FN5OS/c16-12-4-2-1-3-10(12)7-8-18-13(22)9-23-15-20-19-14(21(15)17)11-5-6-11/h1-4,11H,5-9,17H2,(H,18,22). The summed E-state index contributed by atoms with van der Waals surface area (Å²) < 4.78 is 14.9. The maximum absolute atomic E-state index is 13.5. The second-order valence-electron chi connectivity index (χ2n) is 5.47. The summed E-state index contributed by atoms with van der Waals surface area (Å²) in [5, 5.41) is 11.4. The van der Waals surface area contributed by atoms with Gasteiger partial charge in [-0.05, 0) is 30.9 Å². The normalized spacial score (nSPS) is 14.0. The van der Waals surface area contributed by atoms with Gasteiger partial charge in [0, 0.05) is 12.5 Å². The number of amides is 1. The van der Waals surface area contributed by atoms with Crippen molar-refractivity contribution in [3.05, 3.63) is 41.5 Å². The lowest BCUT2D eigenvalue weighted by Gasteiger charge is -2.06. The number of benzene rings is 1. The molecule has 0 atom stereocenters. The van der Waals surface area contributed by atoms with E-state index in [-0.39, 0.29) is 17.5 Å². The third-order valence-corrected chi connectivity index (χ3v) is 4.58. The predicted molar refractivity (Wildman–Crippen MR) is 86.0 cm³/mol. The number of hydrogen-bond acceptors (Lipinski definition) is 5. The van der Waals surface area contributed by atoms with E-state index in [1.165, 1.54) is 22.5 Å². The van der Waals surface area contributed by atoms with E-state index in [1.54, 1.807) is 18.2 Å². The smallest absolute Gasteiger partial charge is 0.230 e. The van der Waals surface area contributed by atoms with Gasteiger partial charge in [0.05, 0.1) is 5.75 Å². The molecule has 0 unspecified atom stereocenters. The number of nitrogens with two attached hydrogens (primary N) is 1. The topological polar surface area (TPSA) is 85.8 Å². The molecule has 1 amide bonds. The van der Waals surface area contributed by atoms with E-state index in [0.29, 0.717) is 29.6 Å². The Hall–Kier alpha value is -2.09. The Morgan fingerprint density at radius 3 is 2.91 bits per heavy atom. The molecule has 122 valence electrons. The maximum atomic E-state index is 13.5. The van der Waals surface area contributed by atoms with Crippen LogP contribution in [0, 0.1) is 5.82 Å². The van der Waals surface area contributed by atoms with Gasteiger partial charge in [0.15, 0.2) is 5.82 Å². The molecule has 2 aromatic rings. The first-order valence-electron chi connectivity index (χ1n) is 7.48. The Morgan fingerprint density at radius 1 is 1.39 bits per heavy atom. The zero-order chi connectivity index (χ0) is 16.2. The van der Waals surface area contributed by atoms with Gasteiger partial charge in [0.25, 0.3) is 0 Å². The van der Waals surface area contributed by atoms with Crippen molar-refractivity contribution in [2.75, 3.05) is 18.1 Å². The van der Waals surface area contributed by atoms with Crippen molar-refractivity contribution in [2.45, 2.75) is 30.3 Å². The van der Waals surface area contributed by atoms with E-state index in [0.717, 1.165) is 18.7 Å². The lowest BCUT2D eigenvalue weighted by molar-refractivity contribution is -0.118. The molecule has 0 radical (unpaired) electrons. The quantitative estimate of drug-likeness (QED) is 0.591. The highest BCUT2D eigenvalue weighted by molar-refractivity contribution is 7.99. The van der Waals surface area contributed by atoms with Crippen molar-refractivity contribution >= 4 is 17.7 Å². The van der Waals surface area contributed by atoms with Crippen molar-refractivity contribution in [3.63, 3.8) is 0 Å². The van der Waals surface area contributed by atoms with Crippen molar-refractivity contribution < 1.29 is 9.18 Å². The Kier molecular flexibility index (Phi) is 4.80. The van der Waals surface area contributed by atoms with Gasteiger partial charge in [0.2, 0.25) is 11.1 Å². The third-order valence-electron chi connectivity index (χ3n) is 3.64. The van der Waals surface area contributed by atoms with Gasteiger partial charge in [-0.3, -0.25) is 4.79 Å². The number of nitrogen functional groups attached to an aromatic ring is 1. The van der Waals surface area contributed by atoms with Crippen LogP contribution in [0.5, 0.6) is 0 Å². The minimum Gasteiger partial charge on any atom is -0.355 e. The van der Waals surface area contributed by atoms with Crippen LogP contribution in [0.1, 0.15) is 30.1 Å². The van der Waals surface area contributed by atoms with Crippen LogP contribution >= 0.6 is 11.8 Å². The monoisotopic (exact) mass is 335 g/mol. The molecule has 1 heterocycles. The van der Waals surface area contributed by atoms with E-state index in [1.807, 2.05) is 0 Å². The molecule has 23 heavy (non-hydrogen) atoms. The number of nitrogens with zero attached hydrogens (tertiary/aromatic N) is 3. The van der Waals surface area contributed by atoms with Crippen molar-refractivity contribution in [2.24, 2.45) is 0 Å². The Labute approximate surface area is 137 Å². The molecule has 3 N–H and O–H groups in total. The highest BCUT2D eigenvalue weighted by Gasteiger charge is 2.29. The van der Waals surface area contributed by atoms with E-state index >= 15 is 0 Å². The fourth-order valence-corrected chi connectivity index (χ4v) is 2.92. The van der Waals surface area contributed by atoms with Gasteiger partial charge in [-0.15, -0.1) is 10.2 Å². The number of nitrogens with one attached hydrogen (secondary N) is 1. The fraction of sp³-hybridized carbons (Fsp3) is 0.400. The molecule has 0 bridgehead atoms. The average Bonchev–Trinajstić information content (AvgIpc) is 3.31. The molecule has 3 rings (SSSR count). The van der Waals surface area contributed by atoms with Crippen LogP contribution in [0.25, 0.3) is 0 Å². The molecule has 0 saturated heterocycles. The molecule has 6 nitrogen and oxygen atoms in total. The summed E-state index contributed by atoms with van der Waals surface area (Å²) in [6, 6.07) is 6.56. The van der Waals surface area contributed by atoms with E-state index in [9.17, 15) is 9.18 Å². The van der Waals surface area contributed by atoms with Crippen molar-refractivity contribution in [1.29, 1.82) is 0 Å². The fourth-order valence-electron chi connectivity index (χ4n) is 2.23. The number of carbonyl (C=O) groups excluding carboxylic acids is 1. The van der Waals surface area contributed by atoms with Crippen molar-refractivity contribution in [1.82, 2.24) is 20.2 Å². The first-order valence-corrected chi connectivity index (χ1v) is 8.47. The molecule has 1 fully saturated rings. The maximum Gasteiger partial charge on any atom is 0.230 e. The molecule has 8 heteroatoms. The predicted octanol–water partition coefficient (Wildman–Crippen LogP) is 1.46. The number of rotatable bonds is 7. The third kappa shape index (κ3) is 4.01. The van der Waals surface area contributed by atoms with Crippen LogP contribution in [0.15, 0.2) is 29.4 Å². The van der Waals surface area contributed by atoms with Gasteiger partial charge >= 0.3 is 0 Å². The summed E-state index contributed by atoms with van der Waals surface area (Å²) in [4.78, 5) is 11.8. The van der Waals surface area contributed by atoms with Gasteiger partial charge in [-0.1, -0.05) is 30.0 Å². The molecule has 1 aliphatic carbocycles. The summed E-state index contributed by atoms with van der Waals surface area (Å²) in [5.41, 5.74) is 0.594. The zero-order valence-electron chi connectivity index (χ0n) is 12.5. The zero-order valence-corrected chi connectivity index (χ0v) is 13.4. The number of aromatic nitrogens is 3. The first-order chi connectivity index (χ1) is 11.1. The molecule has 0 aliphatic heterocycles. The minimum atomic E-state index is -0.250. The summed E-state index contributed by atoms with van der Waals surface area (Å²) in [6.45, 7) is 0.392. The molecule has 1 saturated carbocycles. The van der Waals surface area contributed by atoms with Crippen LogP contribution in [0.3, 0.4) is 0 Å². The minimum absolute atomic E-state index is 0.137. The van der Waals surface area contributed by atoms with Crippen LogP contribution in [-0.2, 0) is 11.2 Å². The van der Waals surface area contributed by atoms with Gasteiger partial charge in [-0.2, -0.15) is 0 Å². The molecule has 1 aliphatic rings. The Morgan fingerprint density at radius 2 is 2.17 bits per heavy atom. The highest BCUT2D eigenvalue weighted by atomic mass is 32.2. The molecular formula is C15H18FN5OS. The summed E-state index contributed by atoms with van der Waals surface area (Å²) in [5.74, 6) is 6.94. The molecular weight excluding hydrogens is 317 g/mol. The molecule has 1 aromatic heterocycles. The summed E-state index contributed by atoms with van der Waals surface area (Å²) in [6.07, 6.45) is 2.65. The van der Waals surface area contributed by atoms with Crippen LogP contribution in [-0.4, -0.2) is 33.1 Å².